The zero-order chi connectivity index (χ0) is 13.1. The zero-order valence-electron chi connectivity index (χ0n) is 9.86. The normalized spacial score (nSPS) is 12.2. The molecule has 18 heavy (non-hydrogen) atoms. The Bertz CT molecular complexity index is 555. The van der Waals surface area contributed by atoms with Gasteiger partial charge in [0.25, 0.3) is 0 Å². The Hall–Kier alpha value is -1.22. The second-order valence-corrected chi connectivity index (χ2v) is 4.88. The van der Waals surface area contributed by atoms with Crippen LogP contribution >= 0.6 is 23.2 Å². The van der Waals surface area contributed by atoms with Crippen LogP contribution in [0.2, 0.25) is 10.0 Å². The molecule has 2 N–H and O–H groups in total. The van der Waals surface area contributed by atoms with Crippen LogP contribution in [0.1, 0.15) is 18.5 Å². The third kappa shape index (κ3) is 3.16. The highest BCUT2D eigenvalue weighted by molar-refractivity contribution is 6.35. The molecule has 2 aromatic rings. The van der Waals surface area contributed by atoms with Crippen LogP contribution in [0.5, 0.6) is 11.5 Å². The molecule has 0 heterocycles. The van der Waals surface area contributed by atoms with Crippen molar-refractivity contribution in [1.29, 1.82) is 0 Å². The van der Waals surface area contributed by atoms with Crippen LogP contribution in [0.3, 0.4) is 0 Å². The van der Waals surface area contributed by atoms with E-state index in [0.717, 1.165) is 5.56 Å². The maximum absolute atomic E-state index is 6.05. The van der Waals surface area contributed by atoms with Crippen LogP contribution < -0.4 is 10.5 Å². The monoisotopic (exact) mass is 281 g/mol. The van der Waals surface area contributed by atoms with E-state index in [-0.39, 0.29) is 6.04 Å². The largest absolute Gasteiger partial charge is 0.456 e. The number of hydrogen-bond acceptors (Lipinski definition) is 2. The molecule has 0 aliphatic carbocycles. The molecular weight excluding hydrogens is 269 g/mol. The van der Waals surface area contributed by atoms with Gasteiger partial charge in [0.15, 0.2) is 0 Å². The van der Waals surface area contributed by atoms with Crippen molar-refractivity contribution in [3.8, 4) is 11.5 Å². The van der Waals surface area contributed by atoms with E-state index in [4.69, 9.17) is 33.7 Å². The van der Waals surface area contributed by atoms with E-state index in [1.54, 1.807) is 18.2 Å². The van der Waals surface area contributed by atoms with Gasteiger partial charge in [-0.2, -0.15) is 0 Å². The summed E-state index contributed by atoms with van der Waals surface area (Å²) in [7, 11) is 0. The molecular formula is C14H13Cl2NO. The molecule has 0 aliphatic rings. The topological polar surface area (TPSA) is 35.2 Å². The number of nitrogens with two attached hydrogens (primary N) is 1. The van der Waals surface area contributed by atoms with Gasteiger partial charge < -0.3 is 10.5 Å². The Labute approximate surface area is 116 Å². The minimum Gasteiger partial charge on any atom is -0.456 e. The van der Waals surface area contributed by atoms with Crippen molar-refractivity contribution in [2.24, 2.45) is 5.73 Å². The second-order valence-electron chi connectivity index (χ2n) is 4.04. The molecule has 2 aromatic carbocycles. The van der Waals surface area contributed by atoms with Crippen LogP contribution in [0.25, 0.3) is 0 Å². The smallest absolute Gasteiger partial charge is 0.146 e. The Morgan fingerprint density at radius 2 is 1.89 bits per heavy atom. The molecule has 2 nitrogen and oxygen atoms in total. The first kappa shape index (κ1) is 13.2. The van der Waals surface area contributed by atoms with Crippen molar-refractivity contribution < 1.29 is 4.74 Å². The summed E-state index contributed by atoms with van der Waals surface area (Å²) in [6.45, 7) is 1.92. The van der Waals surface area contributed by atoms with Crippen molar-refractivity contribution in [3.05, 3.63) is 58.1 Å². The lowest BCUT2D eigenvalue weighted by Crippen LogP contribution is -2.04. The summed E-state index contributed by atoms with van der Waals surface area (Å²) >= 11 is 11.9. The van der Waals surface area contributed by atoms with Gasteiger partial charge >= 0.3 is 0 Å². The minimum absolute atomic E-state index is 0.0331. The van der Waals surface area contributed by atoms with E-state index in [1.165, 1.54) is 0 Å². The first-order chi connectivity index (χ1) is 8.56. The van der Waals surface area contributed by atoms with Crippen molar-refractivity contribution in [1.82, 2.24) is 0 Å². The number of halogens is 2. The third-order valence-electron chi connectivity index (χ3n) is 2.51. The molecule has 0 amide bonds. The summed E-state index contributed by atoms with van der Waals surface area (Å²) in [6.07, 6.45) is 0. The summed E-state index contributed by atoms with van der Waals surface area (Å²) < 4.78 is 5.71. The fraction of sp³-hybridized carbons (Fsp3) is 0.143. The third-order valence-corrected chi connectivity index (χ3v) is 3.04. The van der Waals surface area contributed by atoms with Gasteiger partial charge in [0.05, 0.1) is 5.02 Å². The first-order valence-corrected chi connectivity index (χ1v) is 6.30. The van der Waals surface area contributed by atoms with Crippen LogP contribution in [0.15, 0.2) is 42.5 Å². The summed E-state index contributed by atoms with van der Waals surface area (Å²) in [5.74, 6) is 1.27. The van der Waals surface area contributed by atoms with Gasteiger partial charge in [-0.05, 0) is 42.8 Å². The lowest BCUT2D eigenvalue weighted by atomic mass is 10.1. The first-order valence-electron chi connectivity index (χ1n) is 5.54. The second kappa shape index (κ2) is 5.61. The van der Waals surface area contributed by atoms with E-state index in [1.807, 2.05) is 31.2 Å². The molecule has 94 valence electrons. The number of ether oxygens (including phenoxy) is 1. The van der Waals surface area contributed by atoms with E-state index in [2.05, 4.69) is 0 Å². The van der Waals surface area contributed by atoms with E-state index >= 15 is 0 Å². The molecule has 0 radical (unpaired) electrons. The van der Waals surface area contributed by atoms with Crippen molar-refractivity contribution in [3.63, 3.8) is 0 Å². The van der Waals surface area contributed by atoms with Gasteiger partial charge in [0, 0.05) is 11.1 Å². The van der Waals surface area contributed by atoms with Crippen LogP contribution in [0.4, 0.5) is 0 Å². The molecule has 4 heteroatoms. The number of rotatable bonds is 3. The Kier molecular flexibility index (Phi) is 4.12. The zero-order valence-corrected chi connectivity index (χ0v) is 11.4. The summed E-state index contributed by atoms with van der Waals surface area (Å²) in [4.78, 5) is 0. The van der Waals surface area contributed by atoms with Crippen LogP contribution in [0, 0.1) is 0 Å². The van der Waals surface area contributed by atoms with Crippen LogP contribution in [-0.2, 0) is 0 Å². The van der Waals surface area contributed by atoms with Crippen molar-refractivity contribution in [2.45, 2.75) is 13.0 Å². The molecule has 0 bridgehead atoms. The molecule has 1 unspecified atom stereocenters. The van der Waals surface area contributed by atoms with Gasteiger partial charge in [0.2, 0.25) is 0 Å². The summed E-state index contributed by atoms with van der Waals surface area (Å²) in [5.41, 5.74) is 6.84. The number of hydrogen-bond donors (Lipinski definition) is 1. The fourth-order valence-electron chi connectivity index (χ4n) is 1.55. The van der Waals surface area contributed by atoms with Crippen molar-refractivity contribution in [2.75, 3.05) is 0 Å². The van der Waals surface area contributed by atoms with E-state index in [9.17, 15) is 0 Å². The molecule has 0 saturated carbocycles. The van der Waals surface area contributed by atoms with E-state index < -0.39 is 0 Å². The highest BCUT2D eigenvalue weighted by Gasteiger charge is 2.06. The Morgan fingerprint density at radius 1 is 1.11 bits per heavy atom. The molecule has 0 aliphatic heterocycles. The van der Waals surface area contributed by atoms with Gasteiger partial charge in [-0.1, -0.05) is 35.3 Å². The highest BCUT2D eigenvalue weighted by atomic mass is 35.5. The molecule has 0 aromatic heterocycles. The molecule has 0 spiro atoms. The predicted molar refractivity (Wildman–Crippen MR) is 75.6 cm³/mol. The molecule has 2 rings (SSSR count). The quantitative estimate of drug-likeness (QED) is 0.877. The summed E-state index contributed by atoms with van der Waals surface area (Å²) in [5, 5.41) is 1.06. The standard InChI is InChI=1S/C14H13Cl2NO/c1-9(17)10-3-2-4-12(7-10)18-14-6-5-11(15)8-13(14)16/h2-9H,17H2,1H3. The average Bonchev–Trinajstić information content (AvgIpc) is 2.33. The predicted octanol–water partition coefficient (Wildman–Crippen LogP) is 4.81. The molecule has 0 fully saturated rings. The fourth-order valence-corrected chi connectivity index (χ4v) is 1.99. The van der Waals surface area contributed by atoms with Gasteiger partial charge in [-0.15, -0.1) is 0 Å². The molecule has 1 atom stereocenters. The van der Waals surface area contributed by atoms with Gasteiger partial charge in [0.1, 0.15) is 11.5 Å². The lowest BCUT2D eigenvalue weighted by molar-refractivity contribution is 0.481. The SMILES string of the molecule is CC(N)c1cccc(Oc2ccc(Cl)cc2Cl)c1. The van der Waals surface area contributed by atoms with E-state index in [0.29, 0.717) is 21.5 Å². The number of benzene rings is 2. The maximum Gasteiger partial charge on any atom is 0.146 e. The summed E-state index contributed by atoms with van der Waals surface area (Å²) in [6, 6.07) is 12.7. The maximum atomic E-state index is 6.05. The molecule has 0 saturated heterocycles. The highest BCUT2D eigenvalue weighted by Crippen LogP contribution is 2.32. The van der Waals surface area contributed by atoms with Crippen LogP contribution in [-0.4, -0.2) is 0 Å². The van der Waals surface area contributed by atoms with Gasteiger partial charge in [-0.3, -0.25) is 0 Å². The Morgan fingerprint density at radius 3 is 2.56 bits per heavy atom. The lowest BCUT2D eigenvalue weighted by Gasteiger charge is -2.10. The average molecular weight is 282 g/mol. The Balaban J connectivity index is 2.25. The minimum atomic E-state index is -0.0331. The van der Waals surface area contributed by atoms with Gasteiger partial charge in [-0.25, -0.2) is 0 Å². The van der Waals surface area contributed by atoms with Crippen molar-refractivity contribution >= 4 is 23.2 Å².